The monoisotopic (exact) mass is 316 g/mol. The van der Waals surface area contributed by atoms with E-state index in [-0.39, 0.29) is 19.4 Å². The number of rotatable bonds is 7. The van der Waals surface area contributed by atoms with Gasteiger partial charge in [0.2, 0.25) is 0 Å². The van der Waals surface area contributed by atoms with Gasteiger partial charge in [-0.15, -0.1) is 0 Å². The molecule has 0 aliphatic carbocycles. The number of carboxylic acids is 1. The number of hydrogen-bond acceptors (Lipinski definition) is 5. The predicted molar refractivity (Wildman–Crippen MR) is 75.1 cm³/mol. The normalized spacial score (nSPS) is 10.7. The van der Waals surface area contributed by atoms with Crippen molar-refractivity contribution in [2.24, 2.45) is 0 Å². The molecule has 0 fully saturated rings. The van der Waals surface area contributed by atoms with Crippen molar-refractivity contribution >= 4 is 28.0 Å². The number of amides is 1. The Morgan fingerprint density at radius 2 is 1.90 bits per heavy atom. The molecule has 1 amide bonds. The van der Waals surface area contributed by atoms with Gasteiger partial charge in [-0.05, 0) is 18.6 Å². The number of hydrogen-bond donors (Lipinski definition) is 2. The maximum absolute atomic E-state index is 12.1. The van der Waals surface area contributed by atoms with E-state index in [2.05, 4.69) is 4.74 Å². The van der Waals surface area contributed by atoms with Crippen molar-refractivity contribution in [1.82, 2.24) is 4.72 Å². The fraction of sp³-hybridized carbons (Fsp3) is 0.333. The summed E-state index contributed by atoms with van der Waals surface area (Å²) in [6.07, 6.45) is -1.20. The molecule has 116 valence electrons. The number of ether oxygens (including phenoxy) is 1. The second-order valence-corrected chi connectivity index (χ2v) is 5.60. The molecule has 0 heterocycles. The van der Waals surface area contributed by atoms with Crippen LogP contribution in [0.4, 0.5) is 10.5 Å². The van der Waals surface area contributed by atoms with Crippen molar-refractivity contribution in [1.29, 1.82) is 0 Å². The van der Waals surface area contributed by atoms with Gasteiger partial charge in [-0.3, -0.25) is 9.10 Å². The number of nitrogens with one attached hydrogen (secondary N) is 1. The first-order chi connectivity index (χ1) is 9.86. The third-order valence-corrected chi connectivity index (χ3v) is 3.88. The van der Waals surface area contributed by atoms with Crippen LogP contribution in [0.2, 0.25) is 0 Å². The zero-order valence-electron chi connectivity index (χ0n) is 11.4. The maximum atomic E-state index is 12.1. The molecule has 0 saturated carbocycles. The van der Waals surface area contributed by atoms with E-state index >= 15 is 0 Å². The molecule has 0 bridgehead atoms. The summed E-state index contributed by atoms with van der Waals surface area (Å²) in [7, 11) is -3.13. The molecule has 1 aromatic rings. The minimum absolute atomic E-state index is 0.0807. The summed E-state index contributed by atoms with van der Waals surface area (Å²) < 4.78 is 31.2. The van der Waals surface area contributed by atoms with Gasteiger partial charge < -0.3 is 9.84 Å². The van der Waals surface area contributed by atoms with E-state index < -0.39 is 22.3 Å². The standard InChI is InChI=1S/C12H16N2O6S/c1-20-12(17)13-21(18,19)14(9-5-8-11(15)16)10-6-3-2-4-7-10/h2-4,6-7H,5,8-9H2,1H3,(H,13,17)(H,15,16). The molecule has 0 radical (unpaired) electrons. The molecular weight excluding hydrogens is 300 g/mol. The van der Waals surface area contributed by atoms with Crippen LogP contribution in [0.3, 0.4) is 0 Å². The number of anilines is 1. The van der Waals surface area contributed by atoms with Crippen LogP contribution in [0, 0.1) is 0 Å². The van der Waals surface area contributed by atoms with Crippen LogP contribution in [-0.4, -0.2) is 39.2 Å². The second-order valence-electron chi connectivity index (χ2n) is 4.00. The smallest absolute Gasteiger partial charge is 0.422 e. The topological polar surface area (TPSA) is 113 Å². The predicted octanol–water partition coefficient (Wildman–Crippen LogP) is 0.959. The largest absolute Gasteiger partial charge is 0.481 e. The van der Waals surface area contributed by atoms with E-state index in [4.69, 9.17) is 5.11 Å². The van der Waals surface area contributed by atoms with Crippen molar-refractivity contribution in [3.05, 3.63) is 30.3 Å². The number of methoxy groups -OCH3 is 1. The highest BCUT2D eigenvalue weighted by molar-refractivity contribution is 7.91. The fourth-order valence-electron chi connectivity index (χ4n) is 1.56. The Morgan fingerprint density at radius 1 is 1.29 bits per heavy atom. The molecule has 2 N–H and O–H groups in total. The third-order valence-electron chi connectivity index (χ3n) is 2.48. The van der Waals surface area contributed by atoms with Crippen LogP contribution in [0.5, 0.6) is 0 Å². The Morgan fingerprint density at radius 3 is 2.43 bits per heavy atom. The molecule has 1 rings (SSSR count). The molecule has 0 atom stereocenters. The molecule has 9 heteroatoms. The molecule has 0 unspecified atom stereocenters. The average Bonchev–Trinajstić information content (AvgIpc) is 2.43. The molecule has 0 aromatic heterocycles. The zero-order valence-corrected chi connectivity index (χ0v) is 12.2. The molecule has 0 spiro atoms. The van der Waals surface area contributed by atoms with E-state index in [9.17, 15) is 18.0 Å². The van der Waals surface area contributed by atoms with Crippen LogP contribution in [-0.2, 0) is 19.7 Å². The summed E-state index contributed by atoms with van der Waals surface area (Å²) in [5, 5.41) is 8.63. The number of nitrogens with zero attached hydrogens (tertiary/aromatic N) is 1. The lowest BCUT2D eigenvalue weighted by Crippen LogP contribution is -2.44. The van der Waals surface area contributed by atoms with Crippen LogP contribution < -0.4 is 9.03 Å². The van der Waals surface area contributed by atoms with Crippen LogP contribution >= 0.6 is 0 Å². The van der Waals surface area contributed by atoms with Crippen molar-refractivity contribution in [2.45, 2.75) is 12.8 Å². The Balaban J connectivity index is 2.96. The Bertz CT molecular complexity index is 587. The Labute approximate surface area is 122 Å². The van der Waals surface area contributed by atoms with E-state index in [0.29, 0.717) is 5.69 Å². The lowest BCUT2D eigenvalue weighted by atomic mass is 10.3. The van der Waals surface area contributed by atoms with E-state index in [1.54, 1.807) is 22.9 Å². The van der Waals surface area contributed by atoms with Crippen molar-refractivity contribution in [2.75, 3.05) is 18.0 Å². The van der Waals surface area contributed by atoms with E-state index in [0.717, 1.165) is 11.4 Å². The molecular formula is C12H16N2O6S. The van der Waals surface area contributed by atoms with Crippen LogP contribution in [0.15, 0.2) is 30.3 Å². The molecule has 1 aromatic carbocycles. The average molecular weight is 316 g/mol. The molecule has 0 saturated heterocycles. The fourth-order valence-corrected chi connectivity index (χ4v) is 2.73. The highest BCUT2D eigenvalue weighted by Gasteiger charge is 2.24. The van der Waals surface area contributed by atoms with Crippen molar-refractivity contribution in [3.8, 4) is 0 Å². The Kier molecular flexibility index (Phi) is 5.97. The highest BCUT2D eigenvalue weighted by Crippen LogP contribution is 2.17. The summed E-state index contributed by atoms with van der Waals surface area (Å²) in [6, 6.07) is 8.05. The number of carboxylic acid groups (broad SMARTS) is 1. The SMILES string of the molecule is COC(=O)NS(=O)(=O)N(CCCC(=O)O)c1ccccc1. The summed E-state index contributed by atoms with van der Waals surface area (Å²) in [6.45, 7) is -0.0807. The van der Waals surface area contributed by atoms with Gasteiger partial charge in [0.25, 0.3) is 0 Å². The van der Waals surface area contributed by atoms with Crippen LogP contribution in [0.25, 0.3) is 0 Å². The molecule has 8 nitrogen and oxygen atoms in total. The quantitative estimate of drug-likeness (QED) is 0.774. The van der Waals surface area contributed by atoms with Crippen molar-refractivity contribution < 1.29 is 27.9 Å². The van der Waals surface area contributed by atoms with Crippen molar-refractivity contribution in [3.63, 3.8) is 0 Å². The highest BCUT2D eigenvalue weighted by atomic mass is 32.2. The van der Waals surface area contributed by atoms with Gasteiger partial charge in [0.15, 0.2) is 0 Å². The minimum Gasteiger partial charge on any atom is -0.481 e. The lowest BCUT2D eigenvalue weighted by Gasteiger charge is -2.23. The Hall–Kier alpha value is -2.29. The first-order valence-electron chi connectivity index (χ1n) is 6.02. The molecule has 21 heavy (non-hydrogen) atoms. The minimum atomic E-state index is -4.17. The number of aliphatic carboxylic acids is 1. The van der Waals surface area contributed by atoms with Gasteiger partial charge in [-0.2, -0.15) is 8.42 Å². The molecule has 0 aliphatic heterocycles. The first-order valence-corrected chi connectivity index (χ1v) is 7.46. The van der Waals surface area contributed by atoms with E-state index in [1.807, 2.05) is 0 Å². The number of carbonyl (C=O) groups is 2. The van der Waals surface area contributed by atoms with E-state index in [1.165, 1.54) is 12.1 Å². The number of carbonyl (C=O) groups excluding carboxylic acids is 1. The van der Waals surface area contributed by atoms with Gasteiger partial charge >= 0.3 is 22.3 Å². The third kappa shape index (κ3) is 5.30. The molecule has 0 aliphatic rings. The first kappa shape index (κ1) is 16.8. The van der Waals surface area contributed by atoms with Gasteiger partial charge in [0.05, 0.1) is 12.8 Å². The van der Waals surface area contributed by atoms with Gasteiger partial charge in [-0.1, -0.05) is 18.2 Å². The summed E-state index contributed by atoms with van der Waals surface area (Å²) in [5.41, 5.74) is 0.319. The summed E-state index contributed by atoms with van der Waals surface area (Å²) in [4.78, 5) is 21.6. The van der Waals surface area contributed by atoms with Gasteiger partial charge in [-0.25, -0.2) is 9.52 Å². The summed E-state index contributed by atoms with van der Waals surface area (Å²) in [5.74, 6) is -1.03. The van der Waals surface area contributed by atoms with Gasteiger partial charge in [0.1, 0.15) is 0 Å². The maximum Gasteiger partial charge on any atom is 0.422 e. The number of benzene rings is 1. The van der Waals surface area contributed by atoms with Gasteiger partial charge in [0, 0.05) is 13.0 Å². The van der Waals surface area contributed by atoms with Crippen LogP contribution in [0.1, 0.15) is 12.8 Å². The zero-order chi connectivity index (χ0) is 15.9. The second kappa shape index (κ2) is 7.48. The number of para-hydroxylation sites is 1. The summed E-state index contributed by atoms with van der Waals surface area (Å²) >= 11 is 0. The lowest BCUT2D eigenvalue weighted by molar-refractivity contribution is -0.137.